The fraction of sp³-hybridized carbons (Fsp3) is 0.348. The Labute approximate surface area is 195 Å². The zero-order valence-electron chi connectivity index (χ0n) is 18.0. The Balaban J connectivity index is 1.83. The number of fused-ring (bicyclic) bond motifs is 3. The quantitative estimate of drug-likeness (QED) is 0.249. The number of hydrogen-bond acceptors (Lipinski definition) is 6. The molecule has 2 heterocycles. The smallest absolute Gasteiger partial charge is 0.325 e. The van der Waals surface area contributed by atoms with E-state index >= 15 is 0 Å². The fourth-order valence-corrected chi connectivity index (χ4v) is 4.79. The fourth-order valence-electron chi connectivity index (χ4n) is 3.72. The van der Waals surface area contributed by atoms with Crippen LogP contribution < -0.4 is 20.3 Å². The Morgan fingerprint density at radius 3 is 2.84 bits per heavy atom. The van der Waals surface area contributed by atoms with Gasteiger partial charge in [-0.25, -0.2) is 0 Å². The number of aromatic hydroxyl groups is 1. The van der Waals surface area contributed by atoms with Crippen LogP contribution in [0.3, 0.4) is 0 Å². The van der Waals surface area contributed by atoms with Crippen molar-refractivity contribution in [2.75, 3.05) is 17.7 Å². The number of benzene rings is 2. The molecule has 0 fully saturated rings. The molecule has 0 aliphatic carbocycles. The average molecular weight is 474 g/mol. The molecule has 1 aromatic heterocycles. The largest absolute Gasteiger partial charge is 0.503 e. The maximum absolute atomic E-state index is 13.2. The first-order valence-corrected chi connectivity index (χ1v) is 12.1. The maximum Gasteiger partial charge on any atom is 0.325 e. The molecule has 0 spiro atoms. The second-order valence-corrected chi connectivity index (χ2v) is 8.97. The number of halogens is 1. The first-order chi connectivity index (χ1) is 15.5. The first-order valence-electron chi connectivity index (χ1n) is 10.7. The van der Waals surface area contributed by atoms with Crippen LogP contribution in [0.5, 0.6) is 11.5 Å². The maximum atomic E-state index is 13.2. The van der Waals surface area contributed by atoms with Gasteiger partial charge in [-0.1, -0.05) is 55.3 Å². The lowest BCUT2D eigenvalue weighted by atomic mass is 10.0. The summed E-state index contributed by atoms with van der Waals surface area (Å²) in [6.45, 7) is 4.38. The van der Waals surface area contributed by atoms with Crippen LogP contribution >= 0.6 is 23.4 Å². The highest BCUT2D eigenvalue weighted by Crippen LogP contribution is 2.39. The molecule has 1 aliphatic rings. The van der Waals surface area contributed by atoms with Crippen molar-refractivity contribution >= 4 is 29.1 Å². The molecule has 0 unspecified atom stereocenters. The SMILES string of the molecule is CCCCCSc1n[n+]2c(c(=O)[nH]1)-c1ccccc1N[C@H]2c1cc(Cl)c(O)c(OCC)c1. The van der Waals surface area contributed by atoms with Crippen molar-refractivity contribution in [1.82, 2.24) is 10.1 Å². The lowest BCUT2D eigenvalue weighted by Crippen LogP contribution is -2.55. The van der Waals surface area contributed by atoms with Crippen molar-refractivity contribution in [3.8, 4) is 22.8 Å². The monoisotopic (exact) mass is 473 g/mol. The van der Waals surface area contributed by atoms with Gasteiger partial charge in [0.25, 0.3) is 6.17 Å². The highest BCUT2D eigenvalue weighted by Gasteiger charge is 2.38. The summed E-state index contributed by atoms with van der Waals surface area (Å²) in [5.41, 5.74) is 2.57. The van der Waals surface area contributed by atoms with Crippen LogP contribution in [0, 0.1) is 0 Å². The van der Waals surface area contributed by atoms with Crippen LogP contribution in [-0.4, -0.2) is 27.5 Å². The average Bonchev–Trinajstić information content (AvgIpc) is 2.79. The van der Waals surface area contributed by atoms with E-state index in [2.05, 4.69) is 17.2 Å². The normalized spacial score (nSPS) is 14.4. The van der Waals surface area contributed by atoms with Crippen LogP contribution in [-0.2, 0) is 0 Å². The van der Waals surface area contributed by atoms with Crippen LogP contribution in [0.15, 0.2) is 46.3 Å². The standard InChI is InChI=1S/C23H25ClN4O3S/c1-3-5-8-11-32-23-26-22(30)19-15-9-6-7-10-17(15)25-21(28(19)27-23)14-12-16(24)20(29)18(13-14)31-4-2/h6-7,9-10,12-13,21H,3-5,8,11H2,1-2H3,(H2,26,27,29,30)/p+1/t21-/m1/s1. The first kappa shape index (κ1) is 22.5. The zero-order chi connectivity index (χ0) is 22.7. The van der Waals surface area contributed by atoms with Crippen LogP contribution in [0.25, 0.3) is 11.3 Å². The van der Waals surface area contributed by atoms with E-state index in [0.29, 0.717) is 17.5 Å². The zero-order valence-corrected chi connectivity index (χ0v) is 19.6. The summed E-state index contributed by atoms with van der Waals surface area (Å²) in [4.78, 5) is 16.1. The lowest BCUT2D eigenvalue weighted by molar-refractivity contribution is -0.759. The molecule has 1 aliphatic heterocycles. The molecule has 3 aromatic rings. The van der Waals surface area contributed by atoms with Gasteiger partial charge in [0.1, 0.15) is 0 Å². The summed E-state index contributed by atoms with van der Waals surface area (Å²) in [7, 11) is 0. The number of thioether (sulfide) groups is 1. The number of ether oxygens (including phenoxy) is 1. The Bertz CT molecular complexity index is 1180. The molecule has 0 bridgehead atoms. The van der Waals surface area contributed by atoms with Gasteiger partial charge >= 0.3 is 11.3 Å². The molecule has 168 valence electrons. The van der Waals surface area contributed by atoms with Gasteiger partial charge in [0.05, 0.1) is 22.9 Å². The number of aromatic nitrogens is 3. The summed E-state index contributed by atoms with van der Waals surface area (Å²) in [6.07, 6.45) is 2.83. The van der Waals surface area contributed by atoms with E-state index in [1.54, 1.807) is 16.8 Å². The van der Waals surface area contributed by atoms with Gasteiger partial charge in [0, 0.05) is 16.4 Å². The van der Waals surface area contributed by atoms with Crippen molar-refractivity contribution in [3.05, 3.63) is 57.3 Å². The van der Waals surface area contributed by atoms with Gasteiger partial charge in [-0.05, 0) is 42.3 Å². The van der Waals surface area contributed by atoms with Crippen molar-refractivity contribution in [2.24, 2.45) is 0 Å². The molecule has 0 saturated carbocycles. The number of anilines is 1. The molecule has 9 heteroatoms. The number of unbranched alkanes of at least 4 members (excludes halogenated alkanes) is 2. The third-order valence-corrected chi connectivity index (χ3v) is 6.47. The minimum Gasteiger partial charge on any atom is -0.503 e. The number of rotatable bonds is 8. The predicted octanol–water partition coefficient (Wildman–Crippen LogP) is 4.74. The Morgan fingerprint density at radius 2 is 2.06 bits per heavy atom. The highest BCUT2D eigenvalue weighted by atomic mass is 35.5. The number of H-pyrrole nitrogens is 1. The second-order valence-electron chi connectivity index (χ2n) is 7.48. The summed E-state index contributed by atoms with van der Waals surface area (Å²) < 4.78 is 7.26. The molecular weight excluding hydrogens is 448 g/mol. The molecular formula is C23H26ClN4O3S+. The van der Waals surface area contributed by atoms with Crippen molar-refractivity contribution < 1.29 is 14.5 Å². The van der Waals surface area contributed by atoms with E-state index < -0.39 is 6.17 Å². The number of nitrogens with one attached hydrogen (secondary N) is 2. The minimum absolute atomic E-state index is 0.107. The molecule has 0 amide bonds. The highest BCUT2D eigenvalue weighted by molar-refractivity contribution is 7.99. The van der Waals surface area contributed by atoms with Gasteiger partial charge in [-0.3, -0.25) is 9.78 Å². The van der Waals surface area contributed by atoms with Crippen molar-refractivity contribution in [1.29, 1.82) is 0 Å². The van der Waals surface area contributed by atoms with Gasteiger partial charge in [-0.15, -0.1) is 0 Å². The van der Waals surface area contributed by atoms with Crippen LogP contribution in [0.4, 0.5) is 5.69 Å². The van der Waals surface area contributed by atoms with E-state index in [0.717, 1.165) is 41.8 Å². The molecule has 0 radical (unpaired) electrons. The van der Waals surface area contributed by atoms with Crippen molar-refractivity contribution in [2.45, 2.75) is 44.4 Å². The third kappa shape index (κ3) is 4.42. The van der Waals surface area contributed by atoms with Gasteiger partial charge < -0.3 is 15.2 Å². The number of hydrogen-bond donors (Lipinski definition) is 3. The third-order valence-electron chi connectivity index (χ3n) is 5.24. The predicted molar refractivity (Wildman–Crippen MR) is 127 cm³/mol. The summed E-state index contributed by atoms with van der Waals surface area (Å²) >= 11 is 7.84. The molecule has 4 rings (SSSR count). The molecule has 32 heavy (non-hydrogen) atoms. The minimum atomic E-state index is -0.505. The number of aromatic amines is 1. The molecule has 0 saturated heterocycles. The summed E-state index contributed by atoms with van der Waals surface area (Å²) in [6, 6.07) is 11.0. The number of nitrogens with zero attached hydrogens (tertiary/aromatic N) is 2. The number of para-hydroxylation sites is 1. The molecule has 3 N–H and O–H groups in total. The Morgan fingerprint density at radius 1 is 1.25 bits per heavy atom. The van der Waals surface area contributed by atoms with E-state index in [9.17, 15) is 9.90 Å². The van der Waals surface area contributed by atoms with Gasteiger partial charge in [0.2, 0.25) is 5.16 Å². The van der Waals surface area contributed by atoms with Crippen LogP contribution in [0.1, 0.15) is 44.8 Å². The van der Waals surface area contributed by atoms with E-state index in [1.807, 2.05) is 31.2 Å². The molecule has 1 atom stereocenters. The number of phenols is 1. The van der Waals surface area contributed by atoms with E-state index in [4.69, 9.17) is 21.4 Å². The molecule has 7 nitrogen and oxygen atoms in total. The lowest BCUT2D eigenvalue weighted by Gasteiger charge is -2.23. The number of phenolic OH excluding ortho intramolecular Hbond substituents is 1. The summed E-state index contributed by atoms with van der Waals surface area (Å²) in [5, 5.41) is 19.2. The molecule has 2 aromatic carbocycles. The van der Waals surface area contributed by atoms with Gasteiger partial charge in [0.15, 0.2) is 11.5 Å². The van der Waals surface area contributed by atoms with Crippen molar-refractivity contribution in [3.63, 3.8) is 0 Å². The van der Waals surface area contributed by atoms with E-state index in [1.165, 1.54) is 11.8 Å². The topological polar surface area (TPSA) is 91.1 Å². The Hall–Kier alpha value is -2.71. The van der Waals surface area contributed by atoms with Gasteiger partial charge in [-0.2, -0.15) is 0 Å². The van der Waals surface area contributed by atoms with E-state index in [-0.39, 0.29) is 22.1 Å². The summed E-state index contributed by atoms with van der Waals surface area (Å²) in [5.74, 6) is 1.06. The van der Waals surface area contributed by atoms with Crippen LogP contribution in [0.2, 0.25) is 5.02 Å². The Kier molecular flexibility index (Phi) is 6.91. The second kappa shape index (κ2) is 9.83.